The Kier molecular flexibility index (Phi) is 53.3. The summed E-state index contributed by atoms with van der Waals surface area (Å²) in [6, 6.07) is 0. The number of phosphoric acid groups is 1. The first kappa shape index (κ1) is 67.7. The van der Waals surface area contributed by atoms with E-state index in [9.17, 15) is 19.0 Å². The molecule has 71 heavy (non-hydrogen) atoms. The van der Waals surface area contributed by atoms with Crippen molar-refractivity contribution in [1.82, 2.24) is 0 Å². The Bertz CT molecular complexity index is 1530. The lowest BCUT2D eigenvalue weighted by Crippen LogP contribution is -2.29. The van der Waals surface area contributed by atoms with Crippen molar-refractivity contribution in [1.29, 1.82) is 0 Å². The molecule has 0 aliphatic carbocycles. The van der Waals surface area contributed by atoms with Crippen LogP contribution in [0.2, 0.25) is 0 Å². The Hall–Kier alpha value is -3.33. The highest BCUT2D eigenvalue weighted by Gasteiger charge is 2.26. The molecule has 0 rings (SSSR count). The lowest BCUT2D eigenvalue weighted by atomic mass is 10.0. The third kappa shape index (κ3) is 55.8. The van der Waals surface area contributed by atoms with Crippen LogP contribution in [0.25, 0.3) is 0 Å². The van der Waals surface area contributed by atoms with Gasteiger partial charge in [0.15, 0.2) is 6.10 Å². The fraction of sp³-hybridized carbons (Fsp3) is 0.672. The fourth-order valence-corrected chi connectivity index (χ4v) is 8.30. The van der Waals surface area contributed by atoms with E-state index >= 15 is 0 Å². The van der Waals surface area contributed by atoms with Crippen molar-refractivity contribution in [3.8, 4) is 0 Å². The molecule has 0 aliphatic heterocycles. The van der Waals surface area contributed by atoms with Crippen LogP contribution < -0.4 is 5.73 Å². The normalized spacial score (nSPS) is 13.9. The van der Waals surface area contributed by atoms with Crippen molar-refractivity contribution in [2.45, 2.75) is 238 Å². The van der Waals surface area contributed by atoms with E-state index < -0.39 is 26.5 Å². The lowest BCUT2D eigenvalue weighted by molar-refractivity contribution is -0.161. The van der Waals surface area contributed by atoms with Gasteiger partial charge >= 0.3 is 19.8 Å². The first-order valence-corrected chi connectivity index (χ1v) is 29.9. The summed E-state index contributed by atoms with van der Waals surface area (Å²) in [6.45, 7) is 3.51. The second-order valence-electron chi connectivity index (χ2n) is 18.4. The Morgan fingerprint density at radius 1 is 0.423 bits per heavy atom. The molecule has 0 aliphatic rings. The number of esters is 2. The molecule has 0 saturated carbocycles. The van der Waals surface area contributed by atoms with Crippen molar-refractivity contribution >= 4 is 19.8 Å². The zero-order valence-corrected chi connectivity index (χ0v) is 46.1. The molecule has 0 aromatic carbocycles. The maximum absolute atomic E-state index is 12.7. The molecule has 2 atom stereocenters. The molecule has 0 fully saturated rings. The minimum Gasteiger partial charge on any atom is -0.462 e. The van der Waals surface area contributed by atoms with E-state index in [1.54, 1.807) is 0 Å². The van der Waals surface area contributed by atoms with E-state index in [0.717, 1.165) is 103 Å². The predicted octanol–water partition coefficient (Wildman–Crippen LogP) is 17.8. The number of hydrogen-bond acceptors (Lipinski definition) is 8. The standard InChI is InChI=1S/C61H104NO8P/c1-3-5-7-9-11-13-15-17-19-21-23-25-27-29-31-33-35-37-39-41-43-45-47-49-51-53-60(63)67-57-59(58-69-71(65,66)68-56-55-62)70-61(64)54-52-50-48-46-44-42-40-38-36-34-32-30-28-26-24-22-20-18-16-14-12-10-8-6-4-2/h5-8,11-14,17-20,23-26,30,32,59H,3-4,9-10,15-16,21-22,27-29,31,33-58,62H2,1-2H3,(H,65,66)/b7-5-,8-6-,13-11-,14-12-,19-17-,20-18-,25-23-,26-24-,32-30-. The van der Waals surface area contributed by atoms with Crippen molar-refractivity contribution in [2.24, 2.45) is 5.73 Å². The number of rotatable bonds is 52. The summed E-state index contributed by atoms with van der Waals surface area (Å²) in [5.74, 6) is -0.840. The van der Waals surface area contributed by atoms with Crippen LogP contribution in [0.5, 0.6) is 0 Å². The average Bonchev–Trinajstić information content (AvgIpc) is 3.36. The number of phosphoric ester groups is 1. The summed E-state index contributed by atoms with van der Waals surface area (Å²) in [7, 11) is -4.40. The minimum absolute atomic E-state index is 0.0470. The van der Waals surface area contributed by atoms with Gasteiger partial charge in [0.25, 0.3) is 0 Å². The molecule has 0 bridgehead atoms. The molecule has 10 heteroatoms. The first-order valence-electron chi connectivity index (χ1n) is 28.4. The van der Waals surface area contributed by atoms with Crippen molar-refractivity contribution in [3.63, 3.8) is 0 Å². The van der Waals surface area contributed by atoms with Gasteiger partial charge in [0, 0.05) is 19.4 Å². The van der Waals surface area contributed by atoms with Gasteiger partial charge in [0.05, 0.1) is 13.2 Å². The van der Waals surface area contributed by atoms with Gasteiger partial charge in [-0.2, -0.15) is 0 Å². The molecule has 2 unspecified atom stereocenters. The van der Waals surface area contributed by atoms with Crippen LogP contribution >= 0.6 is 7.82 Å². The summed E-state index contributed by atoms with van der Waals surface area (Å²) in [5, 5.41) is 0. The molecule has 406 valence electrons. The van der Waals surface area contributed by atoms with E-state index in [1.807, 2.05) is 0 Å². The van der Waals surface area contributed by atoms with Crippen LogP contribution in [0, 0.1) is 0 Å². The van der Waals surface area contributed by atoms with E-state index in [0.29, 0.717) is 6.42 Å². The Morgan fingerprint density at radius 3 is 1.08 bits per heavy atom. The molecular formula is C61H104NO8P. The molecule has 0 heterocycles. The molecule has 0 saturated heterocycles. The van der Waals surface area contributed by atoms with Crippen LogP contribution in [0.4, 0.5) is 0 Å². The van der Waals surface area contributed by atoms with Gasteiger partial charge in [-0.3, -0.25) is 18.6 Å². The molecule has 0 amide bonds. The van der Waals surface area contributed by atoms with Gasteiger partial charge in [0.2, 0.25) is 0 Å². The van der Waals surface area contributed by atoms with Crippen LogP contribution in [-0.2, 0) is 32.7 Å². The highest BCUT2D eigenvalue weighted by Crippen LogP contribution is 2.43. The number of carbonyl (C=O) groups excluding carboxylic acids is 2. The van der Waals surface area contributed by atoms with Crippen molar-refractivity contribution in [3.05, 3.63) is 109 Å². The van der Waals surface area contributed by atoms with E-state index in [4.69, 9.17) is 24.3 Å². The Labute approximate surface area is 435 Å². The van der Waals surface area contributed by atoms with Crippen molar-refractivity contribution < 1.29 is 37.6 Å². The Morgan fingerprint density at radius 2 is 0.732 bits per heavy atom. The maximum atomic E-state index is 12.7. The highest BCUT2D eigenvalue weighted by atomic mass is 31.2. The molecule has 0 aromatic heterocycles. The largest absolute Gasteiger partial charge is 0.472 e. The predicted molar refractivity (Wildman–Crippen MR) is 302 cm³/mol. The zero-order valence-electron chi connectivity index (χ0n) is 45.2. The number of nitrogens with two attached hydrogens (primary N) is 1. The third-order valence-electron chi connectivity index (χ3n) is 11.7. The number of allylic oxidation sites excluding steroid dienone is 18. The molecule has 3 N–H and O–H groups in total. The topological polar surface area (TPSA) is 134 Å². The average molecular weight is 1010 g/mol. The minimum atomic E-state index is -4.40. The Balaban J connectivity index is 4.02. The van der Waals surface area contributed by atoms with E-state index in [2.05, 4.69) is 123 Å². The summed E-state index contributed by atoms with van der Waals surface area (Å²) in [4.78, 5) is 35.2. The second-order valence-corrected chi connectivity index (χ2v) is 19.8. The summed E-state index contributed by atoms with van der Waals surface area (Å²) < 4.78 is 33.0. The molecule has 0 spiro atoms. The summed E-state index contributed by atoms with van der Waals surface area (Å²) >= 11 is 0. The van der Waals surface area contributed by atoms with Crippen LogP contribution in [0.1, 0.15) is 232 Å². The summed E-state index contributed by atoms with van der Waals surface area (Å²) in [5.41, 5.74) is 5.38. The van der Waals surface area contributed by atoms with Gasteiger partial charge in [-0.05, 0) is 96.3 Å². The maximum Gasteiger partial charge on any atom is 0.472 e. The lowest BCUT2D eigenvalue weighted by Gasteiger charge is -2.19. The van der Waals surface area contributed by atoms with Gasteiger partial charge in [-0.1, -0.05) is 232 Å². The van der Waals surface area contributed by atoms with Gasteiger partial charge in [-0.25, -0.2) is 4.57 Å². The zero-order chi connectivity index (χ0) is 51.7. The number of carbonyl (C=O) groups is 2. The van der Waals surface area contributed by atoms with Gasteiger partial charge < -0.3 is 20.1 Å². The SMILES string of the molecule is CC/C=C\C/C=C\C/C=C\C/C=C\C/C=C\CCCCCCCCCCCC(=O)OC(COC(=O)CCCCCCCCCCCCCC/C=C\C/C=C\C/C=C\C/C=C\CC)COP(=O)(O)OCCN. The van der Waals surface area contributed by atoms with Crippen LogP contribution in [0.3, 0.4) is 0 Å². The number of ether oxygens (including phenoxy) is 2. The van der Waals surface area contributed by atoms with E-state index in [-0.39, 0.29) is 38.6 Å². The number of unbranched alkanes of at least 4 members (excludes halogenated alkanes) is 21. The van der Waals surface area contributed by atoms with Crippen molar-refractivity contribution in [2.75, 3.05) is 26.4 Å². The van der Waals surface area contributed by atoms with Gasteiger partial charge in [0.1, 0.15) is 6.61 Å². The number of hydrogen-bond donors (Lipinski definition) is 2. The molecule has 0 aromatic rings. The molecular weight excluding hydrogens is 906 g/mol. The monoisotopic (exact) mass is 1010 g/mol. The van der Waals surface area contributed by atoms with E-state index in [1.165, 1.54) is 96.3 Å². The quantitative estimate of drug-likeness (QED) is 0.0264. The second kappa shape index (κ2) is 56.0. The smallest absolute Gasteiger partial charge is 0.462 e. The fourth-order valence-electron chi connectivity index (χ4n) is 7.54. The highest BCUT2D eigenvalue weighted by molar-refractivity contribution is 7.47. The first-order chi connectivity index (χ1) is 34.8. The summed E-state index contributed by atoms with van der Waals surface area (Å²) in [6.07, 6.45) is 75.6. The molecule has 0 radical (unpaired) electrons. The molecule has 9 nitrogen and oxygen atoms in total. The van der Waals surface area contributed by atoms with Crippen LogP contribution in [0.15, 0.2) is 109 Å². The van der Waals surface area contributed by atoms with Crippen LogP contribution in [-0.4, -0.2) is 49.3 Å². The third-order valence-corrected chi connectivity index (χ3v) is 12.6. The van der Waals surface area contributed by atoms with Gasteiger partial charge in [-0.15, -0.1) is 0 Å².